The van der Waals surface area contributed by atoms with E-state index in [1.54, 1.807) is 25.1 Å². The second-order valence-electron chi connectivity index (χ2n) is 6.38. The molecule has 0 N–H and O–H groups in total. The van der Waals surface area contributed by atoms with Crippen LogP contribution in [0.4, 0.5) is 10.1 Å². The van der Waals surface area contributed by atoms with Crippen molar-refractivity contribution in [1.82, 2.24) is 0 Å². The summed E-state index contributed by atoms with van der Waals surface area (Å²) in [7, 11) is 0. The molecule has 29 heavy (non-hydrogen) atoms. The van der Waals surface area contributed by atoms with E-state index in [-0.39, 0.29) is 54.9 Å². The zero-order valence-electron chi connectivity index (χ0n) is 15.7. The van der Waals surface area contributed by atoms with Crippen molar-refractivity contribution in [3.05, 3.63) is 58.4 Å². The van der Waals surface area contributed by atoms with E-state index in [4.69, 9.17) is 21.1 Å². The lowest BCUT2D eigenvalue weighted by molar-refractivity contribution is -0.143. The molecule has 1 heterocycles. The number of carbonyl (C=O) groups excluding carboxylic acids is 3. The van der Waals surface area contributed by atoms with Crippen LogP contribution in [-0.4, -0.2) is 30.9 Å². The van der Waals surface area contributed by atoms with E-state index in [2.05, 4.69) is 0 Å². The fourth-order valence-corrected chi connectivity index (χ4v) is 3.21. The van der Waals surface area contributed by atoms with Crippen LogP contribution >= 0.6 is 11.6 Å². The molecule has 2 aromatic carbocycles. The smallest absolute Gasteiger partial charge is 0.306 e. The highest BCUT2D eigenvalue weighted by Crippen LogP contribution is 2.35. The van der Waals surface area contributed by atoms with Crippen molar-refractivity contribution in [1.29, 1.82) is 0 Å². The number of esters is 1. The van der Waals surface area contributed by atoms with E-state index >= 15 is 0 Å². The number of fused-ring (bicyclic) bond motifs is 1. The Morgan fingerprint density at radius 3 is 2.76 bits per heavy atom. The second kappa shape index (κ2) is 9.05. The van der Waals surface area contributed by atoms with Gasteiger partial charge in [-0.2, -0.15) is 0 Å². The maximum atomic E-state index is 14.2. The molecule has 0 atom stereocenters. The van der Waals surface area contributed by atoms with Gasteiger partial charge in [0, 0.05) is 22.6 Å². The molecular weight excluding hydrogens is 401 g/mol. The van der Waals surface area contributed by atoms with Crippen LogP contribution in [0.15, 0.2) is 36.4 Å². The predicted molar refractivity (Wildman–Crippen MR) is 105 cm³/mol. The van der Waals surface area contributed by atoms with Crippen molar-refractivity contribution in [2.75, 3.05) is 18.1 Å². The number of hydrogen-bond donors (Lipinski definition) is 0. The number of amides is 1. The molecule has 0 aromatic heterocycles. The Hall–Kier alpha value is -2.93. The first-order valence-corrected chi connectivity index (χ1v) is 9.47. The van der Waals surface area contributed by atoms with Gasteiger partial charge in [0.05, 0.1) is 25.3 Å². The third-order valence-electron chi connectivity index (χ3n) is 4.46. The summed E-state index contributed by atoms with van der Waals surface area (Å²) in [4.78, 5) is 37.7. The summed E-state index contributed by atoms with van der Waals surface area (Å²) in [6.07, 6.45) is -0.0562. The third kappa shape index (κ3) is 4.74. The van der Waals surface area contributed by atoms with Crippen LogP contribution in [0.25, 0.3) is 0 Å². The molecule has 8 heteroatoms. The fraction of sp³-hybridized carbons (Fsp3) is 0.286. The largest absolute Gasteiger partial charge is 0.482 e. The lowest BCUT2D eigenvalue weighted by Crippen LogP contribution is -2.38. The molecule has 152 valence electrons. The monoisotopic (exact) mass is 419 g/mol. The number of carbonyl (C=O) groups is 3. The van der Waals surface area contributed by atoms with Gasteiger partial charge in [0.2, 0.25) is 0 Å². The van der Waals surface area contributed by atoms with Gasteiger partial charge in [-0.1, -0.05) is 17.7 Å². The first kappa shape index (κ1) is 20.8. The molecule has 0 radical (unpaired) electrons. The number of anilines is 1. The second-order valence-corrected chi connectivity index (χ2v) is 6.79. The number of Topliss-reactive ketones (excluding diaryl/α,β-unsaturated/α-hetero) is 1. The van der Waals surface area contributed by atoms with Gasteiger partial charge in [-0.3, -0.25) is 14.4 Å². The molecule has 0 saturated heterocycles. The maximum Gasteiger partial charge on any atom is 0.306 e. The molecule has 6 nitrogen and oxygen atoms in total. The molecule has 3 rings (SSSR count). The van der Waals surface area contributed by atoms with Crippen molar-refractivity contribution < 1.29 is 28.2 Å². The van der Waals surface area contributed by atoms with Crippen LogP contribution in [0.3, 0.4) is 0 Å². The zero-order valence-corrected chi connectivity index (χ0v) is 16.5. The molecule has 1 amide bonds. The van der Waals surface area contributed by atoms with E-state index in [1.165, 1.54) is 23.1 Å². The number of hydrogen-bond acceptors (Lipinski definition) is 5. The van der Waals surface area contributed by atoms with E-state index in [0.717, 1.165) is 0 Å². The van der Waals surface area contributed by atoms with Crippen molar-refractivity contribution >= 4 is 34.9 Å². The number of benzene rings is 2. The molecule has 1 aliphatic heterocycles. The van der Waals surface area contributed by atoms with Crippen LogP contribution in [0.1, 0.15) is 35.7 Å². The standard InChI is InChI=1S/C21H19ClFNO5/c1-2-28-21(27)9-7-18(25)13-6-8-19-17(10-13)24(20(26)12-29-19)11-14-15(22)4-3-5-16(14)23/h3-6,8,10H,2,7,9,11-12H2,1H3. The van der Waals surface area contributed by atoms with E-state index in [0.29, 0.717) is 17.0 Å². The van der Waals surface area contributed by atoms with Gasteiger partial charge in [0.25, 0.3) is 5.91 Å². The minimum absolute atomic E-state index is 0.0223. The summed E-state index contributed by atoms with van der Waals surface area (Å²) >= 11 is 6.09. The minimum Gasteiger partial charge on any atom is -0.482 e. The quantitative estimate of drug-likeness (QED) is 0.502. The summed E-state index contributed by atoms with van der Waals surface area (Å²) in [5.74, 6) is -1.23. The SMILES string of the molecule is CCOC(=O)CCC(=O)c1ccc2c(c1)N(Cc1c(F)cccc1Cl)C(=O)CO2. The van der Waals surface area contributed by atoms with Gasteiger partial charge in [0.1, 0.15) is 11.6 Å². The summed E-state index contributed by atoms with van der Waals surface area (Å²) in [5.41, 5.74) is 0.841. The Kier molecular flexibility index (Phi) is 6.49. The summed E-state index contributed by atoms with van der Waals surface area (Å²) < 4.78 is 24.5. The summed E-state index contributed by atoms with van der Waals surface area (Å²) in [6.45, 7) is 1.64. The average molecular weight is 420 g/mol. The average Bonchev–Trinajstić information content (AvgIpc) is 2.70. The van der Waals surface area contributed by atoms with E-state index < -0.39 is 11.8 Å². The normalized spacial score (nSPS) is 12.9. The Bertz CT molecular complexity index is 942. The fourth-order valence-electron chi connectivity index (χ4n) is 2.98. The molecular formula is C21H19ClFNO5. The van der Waals surface area contributed by atoms with Gasteiger partial charge in [-0.05, 0) is 37.3 Å². The molecule has 0 aliphatic carbocycles. The molecule has 0 fully saturated rings. The van der Waals surface area contributed by atoms with Crippen LogP contribution in [0.5, 0.6) is 5.75 Å². The van der Waals surface area contributed by atoms with Crippen molar-refractivity contribution in [2.24, 2.45) is 0 Å². The summed E-state index contributed by atoms with van der Waals surface area (Å²) in [5, 5.41) is 0.201. The Morgan fingerprint density at radius 2 is 2.03 bits per heavy atom. The van der Waals surface area contributed by atoms with Gasteiger partial charge in [-0.25, -0.2) is 4.39 Å². The third-order valence-corrected chi connectivity index (χ3v) is 4.82. The van der Waals surface area contributed by atoms with Crippen molar-refractivity contribution in [3.8, 4) is 5.75 Å². The highest BCUT2D eigenvalue weighted by atomic mass is 35.5. The Balaban J connectivity index is 1.86. The number of halogens is 2. The highest BCUT2D eigenvalue weighted by Gasteiger charge is 2.28. The predicted octanol–water partition coefficient (Wildman–Crippen LogP) is 3.93. The molecule has 0 unspecified atom stereocenters. The lowest BCUT2D eigenvalue weighted by atomic mass is 10.0. The summed E-state index contributed by atoms with van der Waals surface area (Å²) in [6, 6.07) is 8.94. The van der Waals surface area contributed by atoms with Crippen molar-refractivity contribution in [2.45, 2.75) is 26.3 Å². The number of nitrogens with zero attached hydrogens (tertiary/aromatic N) is 1. The maximum absolute atomic E-state index is 14.2. The zero-order chi connectivity index (χ0) is 21.0. The minimum atomic E-state index is -0.528. The van der Waals surface area contributed by atoms with Crippen molar-refractivity contribution in [3.63, 3.8) is 0 Å². The van der Waals surface area contributed by atoms with Gasteiger partial charge >= 0.3 is 5.97 Å². The molecule has 0 saturated carbocycles. The van der Waals surface area contributed by atoms with E-state index in [1.807, 2.05) is 0 Å². The topological polar surface area (TPSA) is 72.9 Å². The van der Waals surface area contributed by atoms with Gasteiger partial charge in [-0.15, -0.1) is 0 Å². The lowest BCUT2D eigenvalue weighted by Gasteiger charge is -2.30. The van der Waals surface area contributed by atoms with Gasteiger partial charge in [0.15, 0.2) is 12.4 Å². The molecule has 0 bridgehead atoms. The first-order valence-electron chi connectivity index (χ1n) is 9.09. The van der Waals surface area contributed by atoms with Crippen LogP contribution < -0.4 is 9.64 Å². The number of ketones is 1. The van der Waals surface area contributed by atoms with Crippen LogP contribution in [0.2, 0.25) is 5.02 Å². The number of ether oxygens (including phenoxy) is 2. The highest BCUT2D eigenvalue weighted by molar-refractivity contribution is 6.31. The molecule has 2 aromatic rings. The molecule has 1 aliphatic rings. The Labute approximate surface area is 172 Å². The first-order chi connectivity index (χ1) is 13.9. The Morgan fingerprint density at radius 1 is 1.24 bits per heavy atom. The molecule has 0 spiro atoms. The number of rotatable bonds is 7. The van der Waals surface area contributed by atoms with Gasteiger partial charge < -0.3 is 14.4 Å². The van der Waals surface area contributed by atoms with Crippen LogP contribution in [0, 0.1) is 5.82 Å². The van der Waals surface area contributed by atoms with E-state index in [9.17, 15) is 18.8 Å². The van der Waals surface area contributed by atoms with Crippen LogP contribution in [-0.2, 0) is 20.9 Å².